The van der Waals surface area contributed by atoms with Gasteiger partial charge < -0.3 is 30.6 Å². The second kappa shape index (κ2) is 13.2. The van der Waals surface area contributed by atoms with Crippen LogP contribution >= 0.6 is 11.3 Å². The maximum absolute atomic E-state index is 13.8. The van der Waals surface area contributed by atoms with Crippen molar-refractivity contribution in [3.8, 4) is 0 Å². The van der Waals surface area contributed by atoms with Gasteiger partial charge in [-0.25, -0.2) is 24.4 Å². The van der Waals surface area contributed by atoms with E-state index in [9.17, 15) is 24.0 Å². The first-order valence-corrected chi connectivity index (χ1v) is 15.2. The summed E-state index contributed by atoms with van der Waals surface area (Å²) >= 11 is 1.30. The summed E-state index contributed by atoms with van der Waals surface area (Å²) in [6.45, 7) is 11.3. The van der Waals surface area contributed by atoms with Crippen LogP contribution in [0.5, 0.6) is 0 Å². The summed E-state index contributed by atoms with van der Waals surface area (Å²) in [6, 6.07) is 2.91. The van der Waals surface area contributed by atoms with Crippen LogP contribution in [0.4, 0.5) is 20.5 Å². The number of anilines is 2. The number of nitrogens with one attached hydrogen (secondary N) is 1. The van der Waals surface area contributed by atoms with Gasteiger partial charge in [0.15, 0.2) is 11.2 Å². The lowest BCUT2D eigenvalue weighted by Crippen LogP contribution is -2.52. The molecule has 1 aliphatic heterocycles. The van der Waals surface area contributed by atoms with Gasteiger partial charge >= 0.3 is 18.2 Å². The Balaban J connectivity index is 1.75. The molecule has 3 amide bonds. The molecule has 0 aliphatic carbocycles. The summed E-state index contributed by atoms with van der Waals surface area (Å²) in [5.41, 5.74) is 10.1. The molecule has 2 atom stereocenters. The van der Waals surface area contributed by atoms with Crippen LogP contribution < -0.4 is 27.2 Å². The first-order valence-electron chi connectivity index (χ1n) is 14.3. The van der Waals surface area contributed by atoms with E-state index in [-0.39, 0.29) is 47.5 Å². The fourth-order valence-electron chi connectivity index (χ4n) is 4.63. The number of carbonyl (C=O) groups excluding carboxylic acids is 4. The molecule has 46 heavy (non-hydrogen) atoms. The van der Waals surface area contributed by atoms with Gasteiger partial charge in [-0.1, -0.05) is 20.8 Å². The SMILES string of the molecule is CC(C)(C)OC(=O)C=Cc1c(N2CCC(OC(N)=O)C(OC(N)=O)C2)nc2cc(C(=O)Nc3nc(C(C)(C)C)cs3)ccn2c1=O. The molecule has 0 aromatic carbocycles. The van der Waals surface area contributed by atoms with Crippen LogP contribution in [0.15, 0.2) is 34.6 Å². The van der Waals surface area contributed by atoms with Crippen molar-refractivity contribution in [2.24, 2.45) is 11.5 Å². The fraction of sp³-hybridized carbons (Fsp3) is 0.433. The number of rotatable bonds is 7. The maximum atomic E-state index is 13.8. The number of ether oxygens (including phenoxy) is 3. The fourth-order valence-corrected chi connectivity index (χ4v) is 5.57. The molecule has 3 aromatic heterocycles. The lowest BCUT2D eigenvalue weighted by molar-refractivity contribution is -0.148. The molecule has 0 radical (unpaired) electrons. The van der Waals surface area contributed by atoms with E-state index in [1.54, 1.807) is 25.7 Å². The molecule has 4 heterocycles. The third kappa shape index (κ3) is 8.38. The molecule has 15 nitrogen and oxygen atoms in total. The van der Waals surface area contributed by atoms with Crippen molar-refractivity contribution in [2.75, 3.05) is 23.3 Å². The van der Waals surface area contributed by atoms with E-state index in [1.807, 2.05) is 26.2 Å². The lowest BCUT2D eigenvalue weighted by atomic mass is 9.93. The second-order valence-corrected chi connectivity index (χ2v) is 13.5. The average Bonchev–Trinajstić information content (AvgIpc) is 3.41. The zero-order valence-electron chi connectivity index (χ0n) is 26.4. The summed E-state index contributed by atoms with van der Waals surface area (Å²) in [5, 5.41) is 5.08. The monoisotopic (exact) mass is 655 g/mol. The second-order valence-electron chi connectivity index (χ2n) is 12.6. The quantitative estimate of drug-likeness (QED) is 0.191. The summed E-state index contributed by atoms with van der Waals surface area (Å²) in [4.78, 5) is 73.4. The van der Waals surface area contributed by atoms with Crippen molar-refractivity contribution in [3.63, 3.8) is 0 Å². The predicted molar refractivity (Wildman–Crippen MR) is 171 cm³/mol. The number of primary amides is 2. The van der Waals surface area contributed by atoms with E-state index in [1.165, 1.54) is 40.1 Å². The third-order valence-corrected chi connectivity index (χ3v) is 7.48. The van der Waals surface area contributed by atoms with Crippen molar-refractivity contribution in [2.45, 2.75) is 71.2 Å². The molecule has 4 rings (SSSR count). The Morgan fingerprint density at radius 2 is 1.72 bits per heavy atom. The Kier molecular flexibility index (Phi) is 9.70. The van der Waals surface area contributed by atoms with Crippen molar-refractivity contribution >= 4 is 58.1 Å². The predicted octanol–water partition coefficient (Wildman–Crippen LogP) is 3.19. The van der Waals surface area contributed by atoms with Crippen molar-refractivity contribution in [1.29, 1.82) is 0 Å². The molecular formula is C30H37N7O8S. The minimum atomic E-state index is -1.10. The zero-order valence-corrected chi connectivity index (χ0v) is 27.2. The Labute approximate surface area is 268 Å². The average molecular weight is 656 g/mol. The molecular weight excluding hydrogens is 618 g/mol. The van der Waals surface area contributed by atoms with Crippen LogP contribution in [0.2, 0.25) is 0 Å². The molecule has 1 aliphatic rings. The molecule has 1 saturated heterocycles. The summed E-state index contributed by atoms with van der Waals surface area (Å²) in [6.07, 6.45) is -0.158. The minimum absolute atomic E-state index is 0.0187. The number of thiazole rings is 1. The van der Waals surface area contributed by atoms with Crippen LogP contribution in [0.3, 0.4) is 0 Å². The van der Waals surface area contributed by atoms with Crippen molar-refractivity contribution in [3.05, 3.63) is 57.0 Å². The normalized spacial score (nSPS) is 17.1. The Hall–Kier alpha value is -4.99. The van der Waals surface area contributed by atoms with Gasteiger partial charge in [-0.3, -0.25) is 19.3 Å². The largest absolute Gasteiger partial charge is 0.457 e. The van der Waals surface area contributed by atoms with E-state index in [4.69, 9.17) is 25.7 Å². The number of carbonyl (C=O) groups is 4. The van der Waals surface area contributed by atoms with Crippen LogP contribution in [0, 0.1) is 0 Å². The molecule has 0 bridgehead atoms. The molecule has 5 N–H and O–H groups in total. The molecule has 0 spiro atoms. The molecule has 1 fully saturated rings. The smallest absolute Gasteiger partial charge is 0.404 e. The van der Waals surface area contributed by atoms with Gasteiger partial charge in [0, 0.05) is 41.6 Å². The third-order valence-electron chi connectivity index (χ3n) is 6.73. The summed E-state index contributed by atoms with van der Waals surface area (Å²) in [5.74, 6) is -1.02. The highest BCUT2D eigenvalue weighted by Crippen LogP contribution is 2.28. The van der Waals surface area contributed by atoms with Gasteiger partial charge in [-0.15, -0.1) is 11.3 Å². The van der Waals surface area contributed by atoms with E-state index in [0.717, 1.165) is 11.8 Å². The van der Waals surface area contributed by atoms with Gasteiger partial charge in [0.05, 0.1) is 17.8 Å². The van der Waals surface area contributed by atoms with Crippen LogP contribution in [0.25, 0.3) is 11.7 Å². The maximum Gasteiger partial charge on any atom is 0.404 e. The number of pyridine rings is 1. The van der Waals surface area contributed by atoms with Gasteiger partial charge in [0.1, 0.15) is 23.2 Å². The number of fused-ring (bicyclic) bond motifs is 1. The van der Waals surface area contributed by atoms with Crippen molar-refractivity contribution < 1.29 is 33.4 Å². The zero-order chi connectivity index (χ0) is 34.0. The molecule has 0 saturated carbocycles. The van der Waals surface area contributed by atoms with Gasteiger partial charge in [0.25, 0.3) is 11.5 Å². The van der Waals surface area contributed by atoms with E-state index in [0.29, 0.717) is 5.13 Å². The van der Waals surface area contributed by atoms with E-state index < -0.39 is 47.4 Å². The van der Waals surface area contributed by atoms with Crippen LogP contribution in [0.1, 0.15) is 69.6 Å². The van der Waals surface area contributed by atoms with Crippen molar-refractivity contribution in [1.82, 2.24) is 14.4 Å². The highest BCUT2D eigenvalue weighted by Gasteiger charge is 2.36. The minimum Gasteiger partial charge on any atom is -0.457 e. The van der Waals surface area contributed by atoms with Gasteiger partial charge in [0.2, 0.25) is 0 Å². The molecule has 2 unspecified atom stereocenters. The summed E-state index contributed by atoms with van der Waals surface area (Å²) < 4.78 is 16.9. The van der Waals surface area contributed by atoms with E-state index >= 15 is 0 Å². The number of nitrogens with zero attached hydrogens (tertiary/aromatic N) is 4. The summed E-state index contributed by atoms with van der Waals surface area (Å²) in [7, 11) is 0. The number of esters is 1. The first-order chi connectivity index (χ1) is 21.4. The highest BCUT2D eigenvalue weighted by molar-refractivity contribution is 7.14. The number of hydrogen-bond donors (Lipinski definition) is 3. The number of hydrogen-bond acceptors (Lipinski definition) is 12. The number of nitrogens with two attached hydrogens (primary N) is 2. The Bertz CT molecular complexity index is 1750. The highest BCUT2D eigenvalue weighted by atomic mass is 32.1. The number of amides is 3. The van der Waals surface area contributed by atoms with Crippen LogP contribution in [-0.2, 0) is 24.4 Å². The Morgan fingerprint density at radius 1 is 1.04 bits per heavy atom. The topological polar surface area (TPSA) is 211 Å². The van der Waals surface area contributed by atoms with Gasteiger partial charge in [-0.2, -0.15) is 0 Å². The van der Waals surface area contributed by atoms with Crippen LogP contribution in [-0.4, -0.2) is 69.3 Å². The standard InChI is InChI=1S/C30H37N7O8S/c1-29(2,3)20-15-46-28(33-20)35-24(39)16-9-12-37-21(13-16)34-23(17(25(37)40)7-8-22(38)45-30(4,5)6)36-11-10-18(43-26(31)41)19(14-36)44-27(32)42/h7-9,12-13,15,18-19H,10-11,14H2,1-6H3,(H2,31,41)(H2,32,42)(H,33,35,39). The number of piperidine rings is 1. The lowest BCUT2D eigenvalue weighted by Gasteiger charge is -2.37. The van der Waals surface area contributed by atoms with E-state index in [2.05, 4.69) is 15.3 Å². The molecule has 16 heteroatoms. The molecule has 3 aromatic rings. The Morgan fingerprint density at radius 3 is 2.33 bits per heavy atom. The number of aromatic nitrogens is 3. The molecule has 246 valence electrons. The van der Waals surface area contributed by atoms with Gasteiger partial charge in [-0.05, 0) is 39.0 Å². The first kappa shape index (κ1) is 33.9.